The van der Waals surface area contributed by atoms with Crippen LogP contribution in [0.25, 0.3) is 0 Å². The van der Waals surface area contributed by atoms with Crippen molar-refractivity contribution in [3.8, 4) is 0 Å². The Bertz CT molecular complexity index is 1370. The van der Waals surface area contributed by atoms with Crippen molar-refractivity contribution < 1.29 is 22.7 Å². The van der Waals surface area contributed by atoms with E-state index in [4.69, 9.17) is 4.74 Å². The molecular formula is C30H37N3O5S. The summed E-state index contributed by atoms with van der Waals surface area (Å²) in [4.78, 5) is 25.7. The molecule has 1 atom stereocenters. The highest BCUT2D eigenvalue weighted by Crippen LogP contribution is 2.25. The van der Waals surface area contributed by atoms with E-state index in [1.54, 1.807) is 57.2 Å². The zero-order chi connectivity index (χ0) is 28.8. The highest BCUT2D eigenvalue weighted by molar-refractivity contribution is 7.92. The summed E-state index contributed by atoms with van der Waals surface area (Å²) >= 11 is 0. The smallest absolute Gasteiger partial charge is 0.329 e. The standard InChI is InChI=1S/C30H37N3O5S/c1-29(2,3)22-12-18-25(19-13-22)39(36,37)33-24-16-14-23(15-17-24)31-28(35)32-26(27(34)38-30(4,5)6)20-21-10-8-7-9-11-21/h7-19,26,33H,20H2,1-6H3,(H2,31,32,35)/t26-/m0/s1. The van der Waals surface area contributed by atoms with Crippen LogP contribution in [-0.4, -0.2) is 32.1 Å². The van der Waals surface area contributed by atoms with Crippen LogP contribution in [-0.2, 0) is 31.4 Å². The molecule has 3 N–H and O–H groups in total. The Hall–Kier alpha value is -3.85. The number of anilines is 2. The van der Waals surface area contributed by atoms with E-state index in [-0.39, 0.29) is 16.7 Å². The Morgan fingerprint density at radius 2 is 1.36 bits per heavy atom. The summed E-state index contributed by atoms with van der Waals surface area (Å²) in [6, 6.07) is 20.9. The first-order valence-corrected chi connectivity index (χ1v) is 14.2. The second-order valence-corrected chi connectivity index (χ2v) is 13.0. The normalized spacial score (nSPS) is 12.8. The predicted molar refractivity (Wildman–Crippen MR) is 154 cm³/mol. The summed E-state index contributed by atoms with van der Waals surface area (Å²) < 4.78 is 33.7. The lowest BCUT2D eigenvalue weighted by atomic mass is 9.87. The maximum absolute atomic E-state index is 12.8. The number of benzene rings is 3. The van der Waals surface area contributed by atoms with E-state index in [2.05, 4.69) is 36.1 Å². The summed E-state index contributed by atoms with van der Waals surface area (Å²) in [6.45, 7) is 11.5. The number of hydrogen-bond acceptors (Lipinski definition) is 5. The molecule has 3 aromatic carbocycles. The van der Waals surface area contributed by atoms with Crippen LogP contribution in [0.4, 0.5) is 16.2 Å². The van der Waals surface area contributed by atoms with Gasteiger partial charge >= 0.3 is 12.0 Å². The van der Waals surface area contributed by atoms with Crippen LogP contribution < -0.4 is 15.4 Å². The van der Waals surface area contributed by atoms with Crippen molar-refractivity contribution in [2.75, 3.05) is 10.0 Å². The first-order valence-electron chi connectivity index (χ1n) is 12.7. The van der Waals surface area contributed by atoms with Gasteiger partial charge in [0.25, 0.3) is 10.0 Å². The summed E-state index contributed by atoms with van der Waals surface area (Å²) in [5.41, 5.74) is 1.89. The van der Waals surface area contributed by atoms with Gasteiger partial charge < -0.3 is 15.4 Å². The molecule has 0 aliphatic heterocycles. The van der Waals surface area contributed by atoms with Gasteiger partial charge in [-0.25, -0.2) is 18.0 Å². The Kier molecular flexibility index (Phi) is 9.07. The van der Waals surface area contributed by atoms with E-state index in [1.807, 2.05) is 42.5 Å². The van der Waals surface area contributed by atoms with Crippen LogP contribution in [0.3, 0.4) is 0 Å². The lowest BCUT2D eigenvalue weighted by Crippen LogP contribution is -2.47. The second-order valence-electron chi connectivity index (χ2n) is 11.3. The molecule has 0 fully saturated rings. The third-order valence-electron chi connectivity index (χ3n) is 5.70. The van der Waals surface area contributed by atoms with Gasteiger partial charge in [0.05, 0.1) is 4.90 Å². The third-order valence-corrected chi connectivity index (χ3v) is 7.10. The third kappa shape index (κ3) is 9.14. The Balaban J connectivity index is 1.65. The first-order chi connectivity index (χ1) is 18.1. The van der Waals surface area contributed by atoms with Crippen molar-refractivity contribution in [3.63, 3.8) is 0 Å². The zero-order valence-corrected chi connectivity index (χ0v) is 24.1. The average molecular weight is 552 g/mol. The highest BCUT2D eigenvalue weighted by Gasteiger charge is 2.27. The molecule has 0 radical (unpaired) electrons. The summed E-state index contributed by atoms with van der Waals surface area (Å²) in [5.74, 6) is -0.540. The monoisotopic (exact) mass is 551 g/mol. The molecule has 0 aliphatic rings. The quantitative estimate of drug-likeness (QED) is 0.304. The van der Waals surface area contributed by atoms with Crippen molar-refractivity contribution in [1.29, 1.82) is 0 Å². The van der Waals surface area contributed by atoms with E-state index in [0.717, 1.165) is 11.1 Å². The fourth-order valence-electron chi connectivity index (χ4n) is 3.71. The molecule has 9 heteroatoms. The van der Waals surface area contributed by atoms with Crippen LogP contribution in [0, 0.1) is 0 Å². The summed E-state index contributed by atoms with van der Waals surface area (Å²) in [6.07, 6.45) is 0.265. The minimum Gasteiger partial charge on any atom is -0.458 e. The molecule has 208 valence electrons. The molecule has 3 aromatic rings. The number of rotatable bonds is 8. The van der Waals surface area contributed by atoms with Gasteiger partial charge in [0.2, 0.25) is 0 Å². The van der Waals surface area contributed by atoms with E-state index >= 15 is 0 Å². The number of urea groups is 1. The SMILES string of the molecule is CC(C)(C)OC(=O)[C@H](Cc1ccccc1)NC(=O)Nc1ccc(NS(=O)(=O)c2ccc(C(C)(C)C)cc2)cc1. The molecule has 0 bridgehead atoms. The first kappa shape index (κ1) is 29.7. The second kappa shape index (κ2) is 11.9. The van der Waals surface area contributed by atoms with Crippen molar-refractivity contribution in [3.05, 3.63) is 90.0 Å². The summed E-state index contributed by atoms with van der Waals surface area (Å²) in [7, 11) is -3.78. The van der Waals surface area contributed by atoms with E-state index in [1.165, 1.54) is 0 Å². The lowest BCUT2D eigenvalue weighted by Gasteiger charge is -2.24. The van der Waals surface area contributed by atoms with Crippen molar-refractivity contribution >= 4 is 33.4 Å². The average Bonchev–Trinajstić information content (AvgIpc) is 2.84. The molecule has 0 saturated carbocycles. The molecule has 0 heterocycles. The Morgan fingerprint density at radius 3 is 1.90 bits per heavy atom. The van der Waals surface area contributed by atoms with Crippen LogP contribution in [0.2, 0.25) is 0 Å². The van der Waals surface area contributed by atoms with Gasteiger partial charge in [0.1, 0.15) is 11.6 Å². The molecule has 8 nitrogen and oxygen atoms in total. The fourth-order valence-corrected chi connectivity index (χ4v) is 4.77. The van der Waals surface area contributed by atoms with Crippen LogP contribution in [0.15, 0.2) is 83.8 Å². The van der Waals surface area contributed by atoms with Crippen LogP contribution in [0.1, 0.15) is 52.7 Å². The Labute approximate surface area is 231 Å². The molecule has 2 amide bonds. The molecule has 0 aliphatic carbocycles. The number of amides is 2. The number of carbonyl (C=O) groups excluding carboxylic acids is 2. The van der Waals surface area contributed by atoms with E-state index in [9.17, 15) is 18.0 Å². The molecule has 0 saturated heterocycles. The number of nitrogens with one attached hydrogen (secondary N) is 3. The van der Waals surface area contributed by atoms with Gasteiger partial charge in [-0.15, -0.1) is 0 Å². The summed E-state index contributed by atoms with van der Waals surface area (Å²) in [5, 5.41) is 5.37. The number of esters is 1. The highest BCUT2D eigenvalue weighted by atomic mass is 32.2. The van der Waals surface area contributed by atoms with Gasteiger partial charge in [-0.2, -0.15) is 0 Å². The van der Waals surface area contributed by atoms with E-state index < -0.39 is 33.7 Å². The predicted octanol–water partition coefficient (Wildman–Crippen LogP) is 5.86. The van der Waals surface area contributed by atoms with Crippen molar-refractivity contribution in [1.82, 2.24) is 5.32 Å². The number of ether oxygens (including phenoxy) is 1. The van der Waals surface area contributed by atoms with Gasteiger partial charge in [-0.3, -0.25) is 4.72 Å². The lowest BCUT2D eigenvalue weighted by molar-refractivity contribution is -0.157. The fraction of sp³-hybridized carbons (Fsp3) is 0.333. The molecular weight excluding hydrogens is 514 g/mol. The Morgan fingerprint density at radius 1 is 0.795 bits per heavy atom. The van der Waals surface area contributed by atoms with Gasteiger partial charge in [-0.1, -0.05) is 63.2 Å². The van der Waals surface area contributed by atoms with Crippen molar-refractivity contribution in [2.24, 2.45) is 0 Å². The maximum atomic E-state index is 12.8. The van der Waals surface area contributed by atoms with Gasteiger partial charge in [-0.05, 0) is 73.7 Å². The van der Waals surface area contributed by atoms with Crippen LogP contribution in [0.5, 0.6) is 0 Å². The molecule has 0 aromatic heterocycles. The number of carbonyl (C=O) groups is 2. The van der Waals surface area contributed by atoms with Gasteiger partial charge in [0, 0.05) is 17.8 Å². The van der Waals surface area contributed by atoms with Crippen LogP contribution >= 0.6 is 0 Å². The number of sulfonamides is 1. The topological polar surface area (TPSA) is 114 Å². The minimum atomic E-state index is -3.78. The molecule has 39 heavy (non-hydrogen) atoms. The maximum Gasteiger partial charge on any atom is 0.329 e. The molecule has 0 spiro atoms. The van der Waals surface area contributed by atoms with Gasteiger partial charge in [0.15, 0.2) is 0 Å². The minimum absolute atomic E-state index is 0.0840. The molecule has 0 unspecified atom stereocenters. The molecule has 3 rings (SSSR count). The number of hydrogen-bond donors (Lipinski definition) is 3. The van der Waals surface area contributed by atoms with Crippen molar-refractivity contribution in [2.45, 2.75) is 69.9 Å². The van der Waals surface area contributed by atoms with E-state index in [0.29, 0.717) is 11.4 Å². The largest absolute Gasteiger partial charge is 0.458 e. The zero-order valence-electron chi connectivity index (χ0n) is 23.2.